The monoisotopic (exact) mass is 323 g/mol. The molecule has 0 spiro atoms. The summed E-state index contributed by atoms with van der Waals surface area (Å²) in [7, 11) is 3.69. The lowest BCUT2D eigenvalue weighted by molar-refractivity contribution is 0.218. The molecule has 0 N–H and O–H groups in total. The predicted octanol–water partition coefficient (Wildman–Crippen LogP) is 3.94. The molecule has 0 bridgehead atoms. The van der Waals surface area contributed by atoms with Crippen LogP contribution in [0.5, 0.6) is 5.75 Å². The number of rotatable bonds is 6. The molecule has 0 amide bonds. The lowest BCUT2D eigenvalue weighted by Crippen LogP contribution is -2.22. The van der Waals surface area contributed by atoms with Crippen molar-refractivity contribution >= 4 is 0 Å². The van der Waals surface area contributed by atoms with Crippen LogP contribution in [0, 0.1) is 0 Å². The molecule has 0 aliphatic heterocycles. The van der Waals surface area contributed by atoms with Gasteiger partial charge in [-0.25, -0.2) is 0 Å². The molecule has 1 heterocycles. The minimum atomic E-state index is 0.0321. The average Bonchev–Trinajstić information content (AvgIpc) is 3.12. The maximum absolute atomic E-state index is 5.86. The molecule has 5 nitrogen and oxygen atoms in total. The number of methoxy groups -OCH3 is 1. The summed E-state index contributed by atoms with van der Waals surface area (Å²) < 4.78 is 11.0. The van der Waals surface area contributed by atoms with Crippen LogP contribution in [-0.4, -0.2) is 29.3 Å². The Morgan fingerprint density at radius 3 is 2.42 bits per heavy atom. The van der Waals surface area contributed by atoms with Crippen LogP contribution in [0.1, 0.15) is 24.4 Å². The van der Waals surface area contributed by atoms with Crippen molar-refractivity contribution in [1.29, 1.82) is 0 Å². The molecule has 0 saturated heterocycles. The van der Waals surface area contributed by atoms with Gasteiger partial charge >= 0.3 is 0 Å². The Balaban J connectivity index is 1.71. The molecule has 24 heavy (non-hydrogen) atoms. The molecular weight excluding hydrogens is 302 g/mol. The Morgan fingerprint density at radius 1 is 1.04 bits per heavy atom. The summed E-state index contributed by atoms with van der Waals surface area (Å²) in [6.45, 7) is 2.89. The first kappa shape index (κ1) is 16.2. The Bertz CT molecular complexity index is 769. The van der Waals surface area contributed by atoms with Crippen LogP contribution in [0.2, 0.25) is 0 Å². The summed E-state index contributed by atoms with van der Waals surface area (Å²) >= 11 is 0. The first-order valence-electron chi connectivity index (χ1n) is 7.89. The van der Waals surface area contributed by atoms with E-state index in [4.69, 9.17) is 9.15 Å². The van der Waals surface area contributed by atoms with Crippen LogP contribution in [-0.2, 0) is 6.54 Å². The van der Waals surface area contributed by atoms with E-state index in [1.165, 1.54) is 5.56 Å². The molecular formula is C19H21N3O2. The minimum Gasteiger partial charge on any atom is -0.497 e. The molecule has 0 radical (unpaired) electrons. The van der Waals surface area contributed by atoms with Gasteiger partial charge in [0, 0.05) is 12.1 Å². The summed E-state index contributed by atoms with van der Waals surface area (Å²) in [4.78, 5) is 2.18. The van der Waals surface area contributed by atoms with Crippen molar-refractivity contribution in [2.75, 3.05) is 14.2 Å². The van der Waals surface area contributed by atoms with Gasteiger partial charge in [-0.1, -0.05) is 30.3 Å². The van der Waals surface area contributed by atoms with Gasteiger partial charge in [-0.15, -0.1) is 10.2 Å². The normalized spacial score (nSPS) is 12.3. The van der Waals surface area contributed by atoms with Gasteiger partial charge in [-0.3, -0.25) is 4.90 Å². The van der Waals surface area contributed by atoms with Crippen LogP contribution in [0.25, 0.3) is 11.5 Å². The fourth-order valence-corrected chi connectivity index (χ4v) is 2.45. The molecule has 0 aliphatic carbocycles. The quantitative estimate of drug-likeness (QED) is 0.688. The topological polar surface area (TPSA) is 51.4 Å². The van der Waals surface area contributed by atoms with Crippen molar-refractivity contribution in [2.24, 2.45) is 0 Å². The SMILES string of the molecule is COc1ccc(-c2nnc([C@H](C)N(C)Cc3ccccc3)o2)cc1. The highest BCUT2D eigenvalue weighted by molar-refractivity contribution is 5.53. The zero-order valence-corrected chi connectivity index (χ0v) is 14.1. The summed E-state index contributed by atoms with van der Waals surface area (Å²) in [6.07, 6.45) is 0. The van der Waals surface area contributed by atoms with Crippen LogP contribution in [0.3, 0.4) is 0 Å². The zero-order chi connectivity index (χ0) is 16.9. The van der Waals surface area contributed by atoms with Gasteiger partial charge < -0.3 is 9.15 Å². The number of hydrogen-bond donors (Lipinski definition) is 0. The predicted molar refractivity (Wildman–Crippen MR) is 92.6 cm³/mol. The van der Waals surface area contributed by atoms with Gasteiger partial charge in [-0.05, 0) is 43.8 Å². The van der Waals surface area contributed by atoms with Gasteiger partial charge in [-0.2, -0.15) is 0 Å². The van der Waals surface area contributed by atoms with Crippen molar-refractivity contribution in [2.45, 2.75) is 19.5 Å². The van der Waals surface area contributed by atoms with E-state index in [2.05, 4.69) is 41.2 Å². The van der Waals surface area contributed by atoms with Crippen LogP contribution in [0.15, 0.2) is 59.0 Å². The fourth-order valence-electron chi connectivity index (χ4n) is 2.45. The van der Waals surface area contributed by atoms with Gasteiger partial charge in [0.25, 0.3) is 0 Å². The number of ether oxygens (including phenoxy) is 1. The molecule has 0 fully saturated rings. The fraction of sp³-hybridized carbons (Fsp3) is 0.263. The molecule has 0 unspecified atom stereocenters. The number of benzene rings is 2. The molecule has 2 aromatic carbocycles. The van der Waals surface area contributed by atoms with Gasteiger partial charge in [0.15, 0.2) is 0 Å². The van der Waals surface area contributed by atoms with Gasteiger partial charge in [0.05, 0.1) is 13.2 Å². The molecule has 1 aromatic heterocycles. The van der Waals surface area contributed by atoms with Crippen molar-refractivity contribution in [3.8, 4) is 17.2 Å². The highest BCUT2D eigenvalue weighted by atomic mass is 16.5. The van der Waals surface area contributed by atoms with E-state index in [0.717, 1.165) is 17.9 Å². The molecule has 124 valence electrons. The lowest BCUT2D eigenvalue weighted by atomic mass is 10.2. The number of hydrogen-bond acceptors (Lipinski definition) is 5. The van der Waals surface area contributed by atoms with Crippen molar-refractivity contribution in [3.05, 3.63) is 66.1 Å². The Hall–Kier alpha value is -2.66. The Morgan fingerprint density at radius 2 is 1.75 bits per heavy atom. The van der Waals surface area contributed by atoms with E-state index in [1.807, 2.05) is 42.5 Å². The van der Waals surface area contributed by atoms with Crippen LogP contribution < -0.4 is 4.74 Å². The minimum absolute atomic E-state index is 0.0321. The molecule has 0 aliphatic rings. The van der Waals surface area contributed by atoms with E-state index in [0.29, 0.717) is 11.8 Å². The van der Waals surface area contributed by atoms with Gasteiger partial charge in [0.1, 0.15) is 5.75 Å². The third kappa shape index (κ3) is 3.63. The summed E-state index contributed by atoms with van der Waals surface area (Å²) in [5.74, 6) is 1.93. The van der Waals surface area contributed by atoms with Crippen molar-refractivity contribution < 1.29 is 9.15 Å². The largest absolute Gasteiger partial charge is 0.497 e. The van der Waals surface area contributed by atoms with E-state index < -0.39 is 0 Å². The standard InChI is InChI=1S/C19H21N3O2/c1-14(22(2)13-15-7-5-4-6-8-15)18-20-21-19(24-18)16-9-11-17(23-3)12-10-16/h4-12,14H,13H2,1-3H3/t14-/m0/s1. The zero-order valence-electron chi connectivity index (χ0n) is 14.1. The number of aromatic nitrogens is 2. The third-order valence-corrected chi connectivity index (χ3v) is 4.07. The van der Waals surface area contributed by atoms with E-state index in [9.17, 15) is 0 Å². The first-order valence-corrected chi connectivity index (χ1v) is 7.89. The summed E-state index contributed by atoms with van der Waals surface area (Å²) in [6, 6.07) is 17.9. The van der Waals surface area contributed by atoms with Gasteiger partial charge in [0.2, 0.25) is 11.8 Å². The highest BCUT2D eigenvalue weighted by Gasteiger charge is 2.19. The molecule has 3 rings (SSSR count). The molecule has 5 heteroatoms. The van der Waals surface area contributed by atoms with E-state index >= 15 is 0 Å². The summed E-state index contributed by atoms with van der Waals surface area (Å²) in [5.41, 5.74) is 2.13. The van der Waals surface area contributed by atoms with Crippen LogP contribution >= 0.6 is 0 Å². The second-order valence-electron chi connectivity index (χ2n) is 5.75. The van der Waals surface area contributed by atoms with Crippen molar-refractivity contribution in [1.82, 2.24) is 15.1 Å². The Kier molecular flexibility index (Phi) is 4.91. The highest BCUT2D eigenvalue weighted by Crippen LogP contribution is 2.25. The molecule has 3 aromatic rings. The van der Waals surface area contributed by atoms with Crippen LogP contribution in [0.4, 0.5) is 0 Å². The second kappa shape index (κ2) is 7.27. The second-order valence-corrected chi connectivity index (χ2v) is 5.75. The first-order chi connectivity index (χ1) is 11.7. The summed E-state index contributed by atoms with van der Waals surface area (Å²) in [5, 5.41) is 8.38. The molecule has 0 saturated carbocycles. The van der Waals surface area contributed by atoms with E-state index in [-0.39, 0.29) is 6.04 Å². The maximum atomic E-state index is 5.86. The smallest absolute Gasteiger partial charge is 0.247 e. The average molecular weight is 323 g/mol. The van der Waals surface area contributed by atoms with E-state index in [1.54, 1.807) is 7.11 Å². The Labute approximate surface area is 141 Å². The maximum Gasteiger partial charge on any atom is 0.247 e. The van der Waals surface area contributed by atoms with Crippen molar-refractivity contribution in [3.63, 3.8) is 0 Å². The lowest BCUT2D eigenvalue weighted by Gasteiger charge is -2.21. The third-order valence-electron chi connectivity index (χ3n) is 4.07. The molecule has 1 atom stereocenters. The number of nitrogens with zero attached hydrogens (tertiary/aromatic N) is 3.